The zero-order valence-corrected chi connectivity index (χ0v) is 9.72. The Balaban J connectivity index is 2.15. The number of hydrogen-bond acceptors (Lipinski definition) is 2. The molecule has 1 fully saturated rings. The van der Waals surface area contributed by atoms with Crippen LogP contribution in [0.15, 0.2) is 18.2 Å². The number of halogens is 1. The third-order valence-electron chi connectivity index (χ3n) is 3.41. The van der Waals surface area contributed by atoms with E-state index in [1.165, 1.54) is 31.4 Å². The summed E-state index contributed by atoms with van der Waals surface area (Å²) < 4.78 is 13.1. The second kappa shape index (κ2) is 4.32. The minimum absolute atomic E-state index is 0.0696. The number of nitrogens with two attached hydrogens (primary N) is 1. The van der Waals surface area contributed by atoms with Crippen molar-refractivity contribution in [3.63, 3.8) is 0 Å². The van der Waals surface area contributed by atoms with E-state index in [9.17, 15) is 4.39 Å². The van der Waals surface area contributed by atoms with E-state index in [1.807, 2.05) is 0 Å². The Bertz CT molecular complexity index is 370. The van der Waals surface area contributed by atoms with Gasteiger partial charge in [0.05, 0.1) is 11.4 Å². The molecule has 0 unspecified atom stereocenters. The van der Waals surface area contributed by atoms with Crippen LogP contribution >= 0.6 is 0 Å². The van der Waals surface area contributed by atoms with Crippen molar-refractivity contribution in [3.05, 3.63) is 24.0 Å². The fourth-order valence-electron chi connectivity index (χ4n) is 2.42. The maximum Gasteiger partial charge on any atom is 0.125 e. The molecule has 1 aromatic rings. The average Bonchev–Trinajstić information content (AvgIpc) is 2.24. The molecule has 0 heterocycles. The molecule has 3 heteroatoms. The van der Waals surface area contributed by atoms with E-state index in [1.54, 1.807) is 6.07 Å². The summed E-state index contributed by atoms with van der Waals surface area (Å²) in [7, 11) is 0. The monoisotopic (exact) mass is 222 g/mol. The molecule has 1 saturated carbocycles. The van der Waals surface area contributed by atoms with Crippen molar-refractivity contribution in [1.82, 2.24) is 0 Å². The first-order valence-electron chi connectivity index (χ1n) is 5.92. The van der Waals surface area contributed by atoms with Crippen molar-refractivity contribution in [2.24, 2.45) is 0 Å². The molecule has 2 nitrogen and oxygen atoms in total. The lowest BCUT2D eigenvalue weighted by atomic mass is 9.83. The Morgan fingerprint density at radius 2 is 1.94 bits per heavy atom. The van der Waals surface area contributed by atoms with Gasteiger partial charge in [-0.05, 0) is 38.0 Å². The van der Waals surface area contributed by atoms with Crippen molar-refractivity contribution in [3.8, 4) is 0 Å². The SMILES string of the molecule is CC1(Nc2cc(F)ccc2N)CCCCC1. The second-order valence-corrected chi connectivity index (χ2v) is 4.98. The number of hydrogen-bond donors (Lipinski definition) is 2. The van der Waals surface area contributed by atoms with Gasteiger partial charge in [-0.2, -0.15) is 0 Å². The van der Waals surface area contributed by atoms with Crippen LogP contribution in [0.3, 0.4) is 0 Å². The molecule has 2 rings (SSSR count). The van der Waals surface area contributed by atoms with Crippen LogP contribution in [0, 0.1) is 5.82 Å². The second-order valence-electron chi connectivity index (χ2n) is 4.98. The van der Waals surface area contributed by atoms with Gasteiger partial charge in [-0.1, -0.05) is 19.3 Å². The van der Waals surface area contributed by atoms with Gasteiger partial charge in [0.15, 0.2) is 0 Å². The van der Waals surface area contributed by atoms with Crippen LogP contribution in [0.4, 0.5) is 15.8 Å². The molecule has 0 atom stereocenters. The minimum atomic E-state index is -0.240. The highest BCUT2D eigenvalue weighted by molar-refractivity contribution is 5.66. The molecule has 3 N–H and O–H groups in total. The summed E-state index contributed by atoms with van der Waals surface area (Å²) in [6, 6.07) is 4.49. The molecule has 1 aliphatic rings. The number of benzene rings is 1. The van der Waals surface area contributed by atoms with E-state index in [4.69, 9.17) is 5.73 Å². The zero-order valence-electron chi connectivity index (χ0n) is 9.72. The van der Waals surface area contributed by atoms with Crippen LogP contribution in [-0.2, 0) is 0 Å². The van der Waals surface area contributed by atoms with Crippen LogP contribution < -0.4 is 11.1 Å². The molecular formula is C13H19FN2. The molecule has 1 aliphatic carbocycles. The third kappa shape index (κ3) is 2.46. The topological polar surface area (TPSA) is 38.0 Å². The van der Waals surface area contributed by atoms with Gasteiger partial charge < -0.3 is 11.1 Å². The number of rotatable bonds is 2. The molecule has 0 spiro atoms. The Kier molecular flexibility index (Phi) is 3.03. The maximum absolute atomic E-state index is 13.1. The number of anilines is 2. The van der Waals surface area contributed by atoms with E-state index >= 15 is 0 Å². The number of nitrogen functional groups attached to an aromatic ring is 1. The smallest absolute Gasteiger partial charge is 0.125 e. The lowest BCUT2D eigenvalue weighted by Crippen LogP contribution is -2.37. The van der Waals surface area contributed by atoms with Gasteiger partial charge in [-0.15, -0.1) is 0 Å². The first-order valence-corrected chi connectivity index (χ1v) is 5.92. The zero-order chi connectivity index (χ0) is 11.6. The first kappa shape index (κ1) is 11.2. The van der Waals surface area contributed by atoms with E-state index in [0.717, 1.165) is 18.5 Å². The predicted molar refractivity (Wildman–Crippen MR) is 65.9 cm³/mol. The van der Waals surface area contributed by atoms with Crippen LogP contribution in [0.2, 0.25) is 0 Å². The molecule has 0 aliphatic heterocycles. The van der Waals surface area contributed by atoms with Crippen molar-refractivity contribution in [2.75, 3.05) is 11.1 Å². The minimum Gasteiger partial charge on any atom is -0.397 e. The van der Waals surface area contributed by atoms with Gasteiger partial charge in [-0.25, -0.2) is 4.39 Å². The van der Waals surface area contributed by atoms with Gasteiger partial charge in [0.1, 0.15) is 5.82 Å². The summed E-state index contributed by atoms with van der Waals surface area (Å²) >= 11 is 0. The van der Waals surface area contributed by atoms with E-state index < -0.39 is 0 Å². The summed E-state index contributed by atoms with van der Waals surface area (Å²) in [6.45, 7) is 2.19. The fraction of sp³-hybridized carbons (Fsp3) is 0.538. The molecule has 0 saturated heterocycles. The molecular weight excluding hydrogens is 203 g/mol. The average molecular weight is 222 g/mol. The molecule has 1 aromatic carbocycles. The van der Waals surface area contributed by atoms with Crippen molar-refractivity contribution >= 4 is 11.4 Å². The molecule has 0 radical (unpaired) electrons. The van der Waals surface area contributed by atoms with Crippen molar-refractivity contribution < 1.29 is 4.39 Å². The summed E-state index contributed by atoms with van der Waals surface area (Å²) in [6.07, 6.45) is 6.03. The lowest BCUT2D eigenvalue weighted by molar-refractivity contribution is 0.349. The van der Waals surface area contributed by atoms with Crippen LogP contribution in [0.5, 0.6) is 0 Å². The molecule has 0 aromatic heterocycles. The van der Waals surface area contributed by atoms with Gasteiger partial charge >= 0.3 is 0 Å². The van der Waals surface area contributed by atoms with E-state index in [-0.39, 0.29) is 11.4 Å². The molecule has 88 valence electrons. The highest BCUT2D eigenvalue weighted by Crippen LogP contribution is 2.33. The molecule has 0 bridgehead atoms. The predicted octanol–water partition coefficient (Wildman–Crippen LogP) is 3.54. The van der Waals surface area contributed by atoms with Crippen molar-refractivity contribution in [1.29, 1.82) is 0 Å². The normalized spacial score (nSPS) is 19.4. The first-order chi connectivity index (χ1) is 7.59. The maximum atomic E-state index is 13.1. The van der Waals surface area contributed by atoms with E-state index in [2.05, 4.69) is 12.2 Å². The van der Waals surface area contributed by atoms with Gasteiger partial charge in [0, 0.05) is 5.54 Å². The Labute approximate surface area is 96.0 Å². The van der Waals surface area contributed by atoms with Gasteiger partial charge in [-0.3, -0.25) is 0 Å². The Hall–Kier alpha value is -1.25. The lowest BCUT2D eigenvalue weighted by Gasteiger charge is -2.36. The number of nitrogens with one attached hydrogen (secondary N) is 1. The van der Waals surface area contributed by atoms with Gasteiger partial charge in [0.2, 0.25) is 0 Å². The largest absolute Gasteiger partial charge is 0.397 e. The Morgan fingerprint density at radius 3 is 2.62 bits per heavy atom. The highest BCUT2D eigenvalue weighted by atomic mass is 19.1. The molecule has 0 amide bonds. The third-order valence-corrected chi connectivity index (χ3v) is 3.41. The highest BCUT2D eigenvalue weighted by Gasteiger charge is 2.26. The van der Waals surface area contributed by atoms with Gasteiger partial charge in [0.25, 0.3) is 0 Å². The summed E-state index contributed by atoms with van der Waals surface area (Å²) in [5, 5.41) is 3.40. The Morgan fingerprint density at radius 1 is 1.25 bits per heavy atom. The van der Waals surface area contributed by atoms with Crippen molar-refractivity contribution in [2.45, 2.75) is 44.6 Å². The fourth-order valence-corrected chi connectivity index (χ4v) is 2.42. The van der Waals surface area contributed by atoms with Crippen LogP contribution in [-0.4, -0.2) is 5.54 Å². The summed E-state index contributed by atoms with van der Waals surface area (Å²) in [5.41, 5.74) is 7.25. The van der Waals surface area contributed by atoms with E-state index in [0.29, 0.717) is 5.69 Å². The summed E-state index contributed by atoms with van der Waals surface area (Å²) in [5.74, 6) is -0.240. The van der Waals surface area contributed by atoms with Crippen LogP contribution in [0.1, 0.15) is 39.0 Å². The standard InChI is InChI=1S/C13H19FN2/c1-13(7-3-2-4-8-13)16-12-9-10(14)5-6-11(12)15/h5-6,9,16H,2-4,7-8,15H2,1H3. The molecule has 16 heavy (non-hydrogen) atoms. The quantitative estimate of drug-likeness (QED) is 0.751. The summed E-state index contributed by atoms with van der Waals surface area (Å²) in [4.78, 5) is 0. The van der Waals surface area contributed by atoms with Crippen LogP contribution in [0.25, 0.3) is 0 Å².